The van der Waals surface area contributed by atoms with Crippen LogP contribution in [0.4, 0.5) is 0 Å². The molecule has 2 aliphatic heterocycles. The van der Waals surface area contributed by atoms with Gasteiger partial charge in [0.2, 0.25) is 0 Å². The molecule has 0 saturated carbocycles. The lowest BCUT2D eigenvalue weighted by Gasteiger charge is -2.50. The molecule has 1 atom stereocenters. The van der Waals surface area contributed by atoms with Crippen molar-refractivity contribution >= 4 is 0 Å². The van der Waals surface area contributed by atoms with E-state index in [9.17, 15) is 0 Å². The fourth-order valence-electron chi connectivity index (χ4n) is 2.27. The van der Waals surface area contributed by atoms with Crippen molar-refractivity contribution in [2.45, 2.75) is 25.4 Å². The predicted octanol–water partition coefficient (Wildman–Crippen LogP) is 0.0690. The predicted molar refractivity (Wildman–Crippen MR) is 48.3 cm³/mol. The molecule has 0 radical (unpaired) electrons. The van der Waals surface area contributed by atoms with E-state index in [-0.39, 0.29) is 0 Å². The zero-order chi connectivity index (χ0) is 8.60. The van der Waals surface area contributed by atoms with Crippen LogP contribution in [0, 0.1) is 0 Å². The van der Waals surface area contributed by atoms with E-state index in [4.69, 9.17) is 4.74 Å². The first-order chi connectivity index (χ1) is 5.70. The zero-order valence-electron chi connectivity index (χ0n) is 7.97. The molecule has 1 N–H and O–H groups in total. The monoisotopic (exact) mass is 170 g/mol. The molecule has 3 nitrogen and oxygen atoms in total. The highest BCUT2D eigenvalue weighted by atomic mass is 16.5. The Labute approximate surface area is 74.1 Å². The minimum atomic E-state index is 0.312. The van der Waals surface area contributed by atoms with Gasteiger partial charge >= 0.3 is 0 Å². The fourth-order valence-corrected chi connectivity index (χ4v) is 2.27. The number of piperazine rings is 1. The molecular weight excluding hydrogens is 152 g/mol. The average Bonchev–Trinajstić information content (AvgIpc) is 2.04. The number of morpholine rings is 1. The van der Waals surface area contributed by atoms with Crippen LogP contribution in [-0.2, 0) is 4.74 Å². The molecule has 3 heteroatoms. The molecule has 2 aliphatic rings. The molecule has 0 spiro atoms. The molecule has 2 heterocycles. The van der Waals surface area contributed by atoms with Gasteiger partial charge in [0.05, 0.1) is 13.2 Å². The van der Waals surface area contributed by atoms with Gasteiger partial charge in [0, 0.05) is 31.2 Å². The number of nitrogens with zero attached hydrogens (tertiary/aromatic N) is 1. The Morgan fingerprint density at radius 1 is 1.50 bits per heavy atom. The highest BCUT2D eigenvalue weighted by Gasteiger charge is 2.37. The van der Waals surface area contributed by atoms with E-state index in [1.807, 2.05) is 0 Å². The van der Waals surface area contributed by atoms with Crippen molar-refractivity contribution in [3.8, 4) is 0 Å². The van der Waals surface area contributed by atoms with E-state index >= 15 is 0 Å². The van der Waals surface area contributed by atoms with Crippen LogP contribution < -0.4 is 5.32 Å². The van der Waals surface area contributed by atoms with Crippen molar-refractivity contribution in [1.29, 1.82) is 0 Å². The van der Waals surface area contributed by atoms with Crippen LogP contribution in [-0.4, -0.2) is 49.3 Å². The molecule has 2 saturated heterocycles. The third-order valence-corrected chi connectivity index (χ3v) is 2.94. The number of hydrogen-bond acceptors (Lipinski definition) is 3. The summed E-state index contributed by atoms with van der Waals surface area (Å²) in [5.74, 6) is 0. The summed E-state index contributed by atoms with van der Waals surface area (Å²) in [5.41, 5.74) is 0.312. The minimum absolute atomic E-state index is 0.312. The van der Waals surface area contributed by atoms with Crippen LogP contribution in [0.2, 0.25) is 0 Å². The molecule has 70 valence electrons. The standard InChI is InChI=1S/C9H18N2O/c1-9(2)7-10-5-8-6-12-4-3-11(8)9/h8,10H,3-7H2,1-2H3. The van der Waals surface area contributed by atoms with Gasteiger partial charge in [-0.05, 0) is 13.8 Å². The Bertz CT molecular complexity index is 168. The number of hydrogen-bond donors (Lipinski definition) is 1. The molecule has 0 bridgehead atoms. The smallest absolute Gasteiger partial charge is 0.0635 e. The summed E-state index contributed by atoms with van der Waals surface area (Å²) in [6.45, 7) is 9.69. The van der Waals surface area contributed by atoms with Gasteiger partial charge in [-0.3, -0.25) is 4.90 Å². The molecule has 0 aliphatic carbocycles. The first-order valence-electron chi connectivity index (χ1n) is 4.75. The van der Waals surface area contributed by atoms with Gasteiger partial charge in [-0.1, -0.05) is 0 Å². The first-order valence-corrected chi connectivity index (χ1v) is 4.75. The van der Waals surface area contributed by atoms with Gasteiger partial charge in [0.1, 0.15) is 0 Å². The SMILES string of the molecule is CC1(C)CNCC2COCCN21. The summed E-state index contributed by atoms with van der Waals surface area (Å²) >= 11 is 0. The van der Waals surface area contributed by atoms with E-state index < -0.39 is 0 Å². The van der Waals surface area contributed by atoms with Crippen LogP contribution in [0.3, 0.4) is 0 Å². The Morgan fingerprint density at radius 2 is 2.33 bits per heavy atom. The summed E-state index contributed by atoms with van der Waals surface area (Å²) < 4.78 is 5.45. The molecule has 12 heavy (non-hydrogen) atoms. The lowest BCUT2D eigenvalue weighted by Crippen LogP contribution is -2.66. The Kier molecular flexibility index (Phi) is 2.10. The average molecular weight is 170 g/mol. The third kappa shape index (κ3) is 1.37. The van der Waals surface area contributed by atoms with Crippen molar-refractivity contribution in [2.75, 3.05) is 32.8 Å². The van der Waals surface area contributed by atoms with E-state index in [1.165, 1.54) is 0 Å². The second-order valence-electron chi connectivity index (χ2n) is 4.37. The lowest BCUT2D eigenvalue weighted by molar-refractivity contribution is -0.0693. The highest BCUT2D eigenvalue weighted by Crippen LogP contribution is 2.22. The van der Waals surface area contributed by atoms with Crippen LogP contribution in [0.1, 0.15) is 13.8 Å². The van der Waals surface area contributed by atoms with Crippen molar-refractivity contribution < 1.29 is 4.74 Å². The van der Waals surface area contributed by atoms with Gasteiger partial charge in [-0.25, -0.2) is 0 Å². The molecular formula is C9H18N2O. The summed E-state index contributed by atoms with van der Waals surface area (Å²) in [7, 11) is 0. The van der Waals surface area contributed by atoms with Gasteiger partial charge in [0.25, 0.3) is 0 Å². The molecule has 1 unspecified atom stereocenters. The summed E-state index contributed by atoms with van der Waals surface area (Å²) in [6.07, 6.45) is 0. The van der Waals surface area contributed by atoms with Crippen LogP contribution in [0.25, 0.3) is 0 Å². The number of ether oxygens (including phenoxy) is 1. The Morgan fingerprint density at radius 3 is 3.08 bits per heavy atom. The van der Waals surface area contributed by atoms with Crippen molar-refractivity contribution in [2.24, 2.45) is 0 Å². The van der Waals surface area contributed by atoms with Crippen LogP contribution >= 0.6 is 0 Å². The van der Waals surface area contributed by atoms with Gasteiger partial charge in [-0.2, -0.15) is 0 Å². The van der Waals surface area contributed by atoms with Gasteiger partial charge in [0.15, 0.2) is 0 Å². The molecule has 0 aromatic carbocycles. The van der Waals surface area contributed by atoms with Crippen molar-refractivity contribution in [3.63, 3.8) is 0 Å². The van der Waals surface area contributed by atoms with Crippen LogP contribution in [0.5, 0.6) is 0 Å². The Balaban J connectivity index is 2.09. The third-order valence-electron chi connectivity index (χ3n) is 2.94. The number of fused-ring (bicyclic) bond motifs is 1. The normalized spacial score (nSPS) is 36.0. The maximum atomic E-state index is 5.45. The van der Waals surface area contributed by atoms with E-state index in [2.05, 4.69) is 24.1 Å². The number of nitrogens with one attached hydrogen (secondary N) is 1. The molecule has 0 amide bonds. The number of rotatable bonds is 0. The fraction of sp³-hybridized carbons (Fsp3) is 1.00. The van der Waals surface area contributed by atoms with Crippen LogP contribution in [0.15, 0.2) is 0 Å². The maximum absolute atomic E-state index is 5.45. The zero-order valence-corrected chi connectivity index (χ0v) is 7.97. The summed E-state index contributed by atoms with van der Waals surface area (Å²) in [5, 5.41) is 3.45. The largest absolute Gasteiger partial charge is 0.378 e. The van der Waals surface area contributed by atoms with Crippen molar-refractivity contribution in [3.05, 3.63) is 0 Å². The second kappa shape index (κ2) is 2.98. The molecule has 0 aromatic heterocycles. The first kappa shape index (κ1) is 8.48. The second-order valence-corrected chi connectivity index (χ2v) is 4.37. The lowest BCUT2D eigenvalue weighted by atomic mass is 9.96. The maximum Gasteiger partial charge on any atom is 0.0635 e. The molecule has 0 aromatic rings. The van der Waals surface area contributed by atoms with E-state index in [0.29, 0.717) is 11.6 Å². The topological polar surface area (TPSA) is 24.5 Å². The Hall–Kier alpha value is -0.120. The summed E-state index contributed by atoms with van der Waals surface area (Å²) in [4.78, 5) is 2.58. The van der Waals surface area contributed by atoms with Gasteiger partial charge in [-0.15, -0.1) is 0 Å². The highest BCUT2D eigenvalue weighted by molar-refractivity contribution is 4.95. The minimum Gasteiger partial charge on any atom is -0.378 e. The van der Waals surface area contributed by atoms with Gasteiger partial charge < -0.3 is 10.1 Å². The van der Waals surface area contributed by atoms with E-state index in [1.54, 1.807) is 0 Å². The quantitative estimate of drug-likeness (QED) is 0.557. The molecule has 2 fully saturated rings. The summed E-state index contributed by atoms with van der Waals surface area (Å²) in [6, 6.07) is 0.600. The molecule has 2 rings (SSSR count). The van der Waals surface area contributed by atoms with Crippen molar-refractivity contribution in [1.82, 2.24) is 10.2 Å². The van der Waals surface area contributed by atoms with E-state index in [0.717, 1.165) is 32.8 Å².